The highest BCUT2D eigenvalue weighted by atomic mass is 32.2. The molecule has 0 aliphatic heterocycles. The molecule has 2 rings (SSSR count). The number of carbonyl (C=O) groups excluding carboxylic acids is 1. The first kappa shape index (κ1) is 18.9. The predicted octanol–water partition coefficient (Wildman–Crippen LogP) is 3.05. The molecule has 0 unspecified atom stereocenters. The van der Waals surface area contributed by atoms with Crippen LogP contribution < -0.4 is 4.72 Å². The molecule has 1 N–H and O–H groups in total. The van der Waals surface area contributed by atoms with Gasteiger partial charge in [-0.25, -0.2) is 13.2 Å². The maximum Gasteiger partial charge on any atom is 0.335 e. The van der Waals surface area contributed by atoms with Gasteiger partial charge in [-0.2, -0.15) is 4.72 Å². The Morgan fingerprint density at radius 2 is 1.48 bits per heavy atom. The molecule has 5 nitrogen and oxygen atoms in total. The molecule has 6 heteroatoms. The Morgan fingerprint density at radius 3 is 1.96 bits per heavy atom. The van der Waals surface area contributed by atoms with Gasteiger partial charge >= 0.3 is 5.97 Å². The Kier molecular flexibility index (Phi) is 5.77. The van der Waals surface area contributed by atoms with Crippen LogP contribution in [0.1, 0.15) is 22.7 Å². The highest BCUT2D eigenvalue weighted by Gasteiger charge is 2.27. The van der Waals surface area contributed by atoms with Crippen molar-refractivity contribution in [3.63, 3.8) is 0 Å². The van der Waals surface area contributed by atoms with E-state index in [0.29, 0.717) is 5.56 Å². The summed E-state index contributed by atoms with van der Waals surface area (Å²) < 4.78 is 32.7. The summed E-state index contributed by atoms with van der Waals surface area (Å²) in [5, 5.41) is 0. The number of aryl methyl sites for hydroxylation is 2. The number of ether oxygens (including phenoxy) is 1. The molecule has 2 aromatic carbocycles. The molecule has 0 aliphatic carbocycles. The molecule has 0 saturated heterocycles. The van der Waals surface area contributed by atoms with E-state index in [-0.39, 0.29) is 10.5 Å². The number of methoxy groups -OCH3 is 1. The van der Waals surface area contributed by atoms with E-state index in [9.17, 15) is 13.2 Å². The molecule has 2 aromatic rings. The maximum absolute atomic E-state index is 12.7. The Labute approximate surface area is 148 Å². The standard InChI is InChI=1S/C19H21NO4S/c1-13-5-9-16(10-6-13)18(15(3)19(21)24-4)20-25(22,23)17-11-7-14(2)8-12-17/h5-12,18,20H,3H2,1-2,4H3/t18-/m1/s1. The van der Waals surface area contributed by atoms with Crippen molar-refractivity contribution in [3.8, 4) is 0 Å². The number of benzene rings is 2. The van der Waals surface area contributed by atoms with Crippen molar-refractivity contribution in [2.24, 2.45) is 0 Å². The third-order valence-electron chi connectivity index (χ3n) is 3.81. The van der Waals surface area contributed by atoms with Crippen LogP contribution in [0, 0.1) is 13.8 Å². The zero-order chi connectivity index (χ0) is 18.6. The average molecular weight is 359 g/mol. The minimum atomic E-state index is -3.84. The summed E-state index contributed by atoms with van der Waals surface area (Å²) in [4.78, 5) is 12.0. The molecule has 0 heterocycles. The molecule has 0 bridgehead atoms. The molecule has 0 spiro atoms. The molecule has 25 heavy (non-hydrogen) atoms. The summed E-state index contributed by atoms with van der Waals surface area (Å²) in [6, 6.07) is 12.7. The summed E-state index contributed by atoms with van der Waals surface area (Å²) in [6.45, 7) is 7.51. The van der Waals surface area contributed by atoms with Crippen molar-refractivity contribution in [2.75, 3.05) is 7.11 Å². The first-order chi connectivity index (χ1) is 11.7. The van der Waals surface area contributed by atoms with Gasteiger partial charge in [0.1, 0.15) is 0 Å². The lowest BCUT2D eigenvalue weighted by molar-refractivity contribution is -0.136. The van der Waals surface area contributed by atoms with Gasteiger partial charge < -0.3 is 4.74 Å². The van der Waals surface area contributed by atoms with Gasteiger partial charge in [-0.1, -0.05) is 54.1 Å². The van der Waals surface area contributed by atoms with Crippen LogP contribution in [-0.4, -0.2) is 21.5 Å². The van der Waals surface area contributed by atoms with E-state index in [4.69, 9.17) is 4.74 Å². The molecule has 132 valence electrons. The number of hydrogen-bond donors (Lipinski definition) is 1. The van der Waals surface area contributed by atoms with E-state index in [0.717, 1.165) is 11.1 Å². The largest absolute Gasteiger partial charge is 0.466 e. The fraction of sp³-hybridized carbons (Fsp3) is 0.211. The smallest absolute Gasteiger partial charge is 0.335 e. The van der Waals surface area contributed by atoms with Crippen molar-refractivity contribution in [2.45, 2.75) is 24.8 Å². The molecule has 0 amide bonds. The van der Waals surface area contributed by atoms with Crippen molar-refractivity contribution < 1.29 is 17.9 Å². The number of esters is 1. The van der Waals surface area contributed by atoms with Crippen molar-refractivity contribution in [3.05, 3.63) is 77.4 Å². The summed E-state index contributed by atoms with van der Waals surface area (Å²) in [6.07, 6.45) is 0. The lowest BCUT2D eigenvalue weighted by Gasteiger charge is -2.20. The van der Waals surface area contributed by atoms with E-state index in [1.54, 1.807) is 24.3 Å². The average Bonchev–Trinajstić information content (AvgIpc) is 2.59. The van der Waals surface area contributed by atoms with Gasteiger partial charge in [-0.15, -0.1) is 0 Å². The molecular formula is C19H21NO4S. The lowest BCUT2D eigenvalue weighted by Crippen LogP contribution is -2.32. The normalized spacial score (nSPS) is 12.4. The first-order valence-corrected chi connectivity index (χ1v) is 9.15. The number of sulfonamides is 1. The number of nitrogens with one attached hydrogen (secondary N) is 1. The minimum absolute atomic E-state index is 0.0158. The zero-order valence-electron chi connectivity index (χ0n) is 14.4. The van der Waals surface area contributed by atoms with Crippen LogP contribution in [0.2, 0.25) is 0 Å². The second-order valence-corrected chi connectivity index (χ2v) is 7.51. The van der Waals surface area contributed by atoms with E-state index in [1.165, 1.54) is 19.2 Å². The first-order valence-electron chi connectivity index (χ1n) is 7.67. The van der Waals surface area contributed by atoms with Crippen LogP contribution in [0.3, 0.4) is 0 Å². The van der Waals surface area contributed by atoms with Gasteiger partial charge in [0.25, 0.3) is 0 Å². The quantitative estimate of drug-likeness (QED) is 0.635. The summed E-state index contributed by atoms with van der Waals surface area (Å²) in [5.41, 5.74) is 2.60. The fourth-order valence-corrected chi connectivity index (χ4v) is 3.51. The fourth-order valence-electron chi connectivity index (χ4n) is 2.29. The molecule has 0 saturated carbocycles. The highest BCUT2D eigenvalue weighted by molar-refractivity contribution is 7.89. The minimum Gasteiger partial charge on any atom is -0.466 e. The van der Waals surface area contributed by atoms with E-state index >= 15 is 0 Å². The number of carbonyl (C=O) groups is 1. The SMILES string of the molecule is C=C(C(=O)OC)[C@@H](NS(=O)(=O)c1ccc(C)cc1)c1ccc(C)cc1. The van der Waals surface area contributed by atoms with E-state index in [2.05, 4.69) is 11.3 Å². The van der Waals surface area contributed by atoms with E-state index < -0.39 is 22.0 Å². The van der Waals surface area contributed by atoms with Gasteiger partial charge in [-0.3, -0.25) is 0 Å². The Bertz CT molecular complexity index is 869. The van der Waals surface area contributed by atoms with Gasteiger partial charge in [0.05, 0.1) is 23.6 Å². The Balaban J connectivity index is 2.41. The number of rotatable bonds is 6. The Hall–Kier alpha value is -2.44. The molecule has 0 aliphatic rings. The van der Waals surface area contributed by atoms with E-state index in [1.807, 2.05) is 26.0 Å². The van der Waals surface area contributed by atoms with Crippen LogP contribution in [-0.2, 0) is 19.6 Å². The van der Waals surface area contributed by atoms with Crippen LogP contribution in [0.25, 0.3) is 0 Å². The molecule has 0 radical (unpaired) electrons. The lowest BCUT2D eigenvalue weighted by atomic mass is 10.00. The molecule has 1 atom stereocenters. The van der Waals surface area contributed by atoms with Crippen LogP contribution in [0.4, 0.5) is 0 Å². The van der Waals surface area contributed by atoms with Gasteiger partial charge in [0, 0.05) is 0 Å². The molecule has 0 fully saturated rings. The third-order valence-corrected chi connectivity index (χ3v) is 5.25. The summed E-state index contributed by atoms with van der Waals surface area (Å²) in [7, 11) is -2.61. The van der Waals surface area contributed by atoms with Crippen LogP contribution >= 0.6 is 0 Å². The van der Waals surface area contributed by atoms with Crippen molar-refractivity contribution in [1.29, 1.82) is 0 Å². The van der Waals surface area contributed by atoms with Crippen LogP contribution in [0.15, 0.2) is 65.6 Å². The second-order valence-electron chi connectivity index (χ2n) is 5.79. The second kappa shape index (κ2) is 7.63. The Morgan fingerprint density at radius 1 is 1.00 bits per heavy atom. The van der Waals surface area contributed by atoms with Crippen molar-refractivity contribution >= 4 is 16.0 Å². The summed E-state index contributed by atoms with van der Waals surface area (Å²) in [5.74, 6) is -0.669. The van der Waals surface area contributed by atoms with Gasteiger partial charge in [0.2, 0.25) is 10.0 Å². The van der Waals surface area contributed by atoms with Gasteiger partial charge in [-0.05, 0) is 31.5 Å². The van der Waals surface area contributed by atoms with Crippen LogP contribution in [0.5, 0.6) is 0 Å². The van der Waals surface area contributed by atoms with Crippen molar-refractivity contribution in [1.82, 2.24) is 4.72 Å². The molecule has 0 aromatic heterocycles. The predicted molar refractivity (Wildman–Crippen MR) is 96.6 cm³/mol. The molecular weight excluding hydrogens is 338 g/mol. The summed E-state index contributed by atoms with van der Waals surface area (Å²) >= 11 is 0. The number of hydrogen-bond acceptors (Lipinski definition) is 4. The zero-order valence-corrected chi connectivity index (χ0v) is 15.3. The maximum atomic E-state index is 12.7. The van der Waals surface area contributed by atoms with Gasteiger partial charge in [0.15, 0.2) is 0 Å². The highest BCUT2D eigenvalue weighted by Crippen LogP contribution is 2.25. The topological polar surface area (TPSA) is 72.5 Å². The monoisotopic (exact) mass is 359 g/mol. The third kappa shape index (κ3) is 4.55.